The Balaban J connectivity index is 1.80. The van der Waals surface area contributed by atoms with Crippen molar-refractivity contribution in [2.75, 3.05) is 13.2 Å². The molecule has 1 aliphatic carbocycles. The number of aromatic nitrogens is 1. The Morgan fingerprint density at radius 2 is 1.62 bits per heavy atom. The summed E-state index contributed by atoms with van der Waals surface area (Å²) in [6.07, 6.45) is -3.46. The van der Waals surface area contributed by atoms with E-state index in [1.807, 2.05) is 4.57 Å². The van der Waals surface area contributed by atoms with Crippen LogP contribution in [0.1, 0.15) is 98.9 Å². The molecule has 2 aromatic rings. The van der Waals surface area contributed by atoms with E-state index < -0.39 is 35.1 Å². The van der Waals surface area contributed by atoms with Gasteiger partial charge in [-0.25, -0.2) is 0 Å². The minimum absolute atomic E-state index is 0.0680. The lowest BCUT2D eigenvalue weighted by Gasteiger charge is -2.32. The SMILES string of the molecule is Cc1c(C(=O)NC2CCOCC2)cc(-c2ccc(C(NC(C)(C)C)C(F)(F)F)c(C(F)(F)F)c2)n1CC1CCCCC1. The summed E-state index contributed by atoms with van der Waals surface area (Å²) >= 11 is 0. The number of alkyl halides is 6. The van der Waals surface area contributed by atoms with Gasteiger partial charge < -0.3 is 14.6 Å². The number of rotatable bonds is 7. The maximum absolute atomic E-state index is 14.4. The summed E-state index contributed by atoms with van der Waals surface area (Å²) in [5.74, 6) is -0.0239. The number of nitrogens with one attached hydrogen (secondary N) is 2. The third kappa shape index (κ3) is 7.89. The molecule has 2 heterocycles. The summed E-state index contributed by atoms with van der Waals surface area (Å²) in [5.41, 5.74) is -1.84. The zero-order valence-electron chi connectivity index (χ0n) is 24.6. The summed E-state index contributed by atoms with van der Waals surface area (Å²) in [6, 6.07) is 2.02. The highest BCUT2D eigenvalue weighted by Crippen LogP contribution is 2.43. The number of ether oxygens (including phenoxy) is 1. The zero-order valence-corrected chi connectivity index (χ0v) is 24.6. The van der Waals surface area contributed by atoms with Crippen molar-refractivity contribution >= 4 is 5.91 Å². The van der Waals surface area contributed by atoms with Crippen LogP contribution >= 0.6 is 0 Å². The lowest BCUT2D eigenvalue weighted by atomic mass is 9.89. The van der Waals surface area contributed by atoms with Gasteiger partial charge in [-0.2, -0.15) is 26.3 Å². The number of carbonyl (C=O) groups is 1. The summed E-state index contributed by atoms with van der Waals surface area (Å²) in [5, 5.41) is 5.35. The van der Waals surface area contributed by atoms with Gasteiger partial charge in [-0.3, -0.25) is 10.1 Å². The van der Waals surface area contributed by atoms with Gasteiger partial charge >= 0.3 is 12.4 Å². The van der Waals surface area contributed by atoms with Crippen molar-refractivity contribution in [1.82, 2.24) is 15.2 Å². The molecule has 1 amide bonds. The first-order valence-electron chi connectivity index (χ1n) is 14.7. The molecule has 42 heavy (non-hydrogen) atoms. The third-order valence-corrected chi connectivity index (χ3v) is 8.20. The molecule has 11 heteroatoms. The molecule has 234 valence electrons. The first-order valence-corrected chi connectivity index (χ1v) is 14.7. The van der Waals surface area contributed by atoms with Gasteiger partial charge in [0.05, 0.1) is 11.1 Å². The van der Waals surface area contributed by atoms with E-state index in [1.54, 1.807) is 13.0 Å². The Kier molecular flexibility index (Phi) is 9.72. The Hall–Kier alpha value is -2.53. The van der Waals surface area contributed by atoms with Crippen molar-refractivity contribution < 1.29 is 35.9 Å². The van der Waals surface area contributed by atoms with Crippen LogP contribution in [0.3, 0.4) is 0 Å². The normalized spacial score (nSPS) is 18.7. The third-order valence-electron chi connectivity index (χ3n) is 8.20. The number of halogens is 6. The Bertz CT molecular complexity index is 1230. The predicted molar refractivity (Wildman–Crippen MR) is 149 cm³/mol. The standard InChI is InChI=1S/C31H41F6N3O2/c1-19-24(28(41)38-22-12-14-42-15-13-22)17-26(40(19)18-20-8-6-5-7-9-20)21-10-11-23(25(16-21)30(32,33)34)27(31(35,36)37)39-29(2,3)4/h10-11,16-17,20,22,27,39H,5-9,12-15,18H2,1-4H3,(H,38,41). The quantitative estimate of drug-likeness (QED) is 0.317. The maximum atomic E-state index is 14.4. The number of hydrogen-bond acceptors (Lipinski definition) is 3. The second-order valence-electron chi connectivity index (χ2n) is 12.7. The highest BCUT2D eigenvalue weighted by atomic mass is 19.4. The van der Waals surface area contributed by atoms with Crippen LogP contribution in [-0.2, 0) is 17.5 Å². The smallest absolute Gasteiger partial charge is 0.381 e. The molecular formula is C31H41F6N3O2. The monoisotopic (exact) mass is 601 g/mol. The van der Waals surface area contributed by atoms with E-state index in [1.165, 1.54) is 26.8 Å². The Labute approximate surface area is 243 Å². The predicted octanol–water partition coefficient (Wildman–Crippen LogP) is 7.96. The van der Waals surface area contributed by atoms with Crippen molar-refractivity contribution in [3.05, 3.63) is 46.6 Å². The molecule has 1 aromatic carbocycles. The van der Waals surface area contributed by atoms with Crippen LogP contribution in [-0.4, -0.2) is 41.4 Å². The van der Waals surface area contributed by atoms with Gasteiger partial charge in [-0.05, 0) is 82.6 Å². The summed E-state index contributed by atoms with van der Waals surface area (Å²) < 4.78 is 92.7. The lowest BCUT2D eigenvalue weighted by Crippen LogP contribution is -2.45. The first kappa shape index (κ1) is 32.4. The molecule has 1 atom stereocenters. The van der Waals surface area contributed by atoms with Crippen LogP contribution in [0.15, 0.2) is 24.3 Å². The minimum atomic E-state index is -5.03. The van der Waals surface area contributed by atoms with Crippen molar-refractivity contribution in [2.45, 2.75) is 109 Å². The number of nitrogens with zero attached hydrogens (tertiary/aromatic N) is 1. The molecule has 1 aromatic heterocycles. The molecule has 1 unspecified atom stereocenters. The maximum Gasteiger partial charge on any atom is 0.416 e. The highest BCUT2D eigenvalue weighted by Gasteiger charge is 2.47. The molecule has 4 rings (SSSR count). The fourth-order valence-corrected chi connectivity index (χ4v) is 6.06. The second kappa shape index (κ2) is 12.6. The van der Waals surface area contributed by atoms with Crippen LogP contribution in [0.2, 0.25) is 0 Å². The van der Waals surface area contributed by atoms with Crippen LogP contribution in [0.4, 0.5) is 26.3 Å². The van der Waals surface area contributed by atoms with E-state index in [0.29, 0.717) is 55.5 Å². The number of amides is 1. The molecule has 0 spiro atoms. The van der Waals surface area contributed by atoms with Crippen LogP contribution in [0.25, 0.3) is 11.3 Å². The van der Waals surface area contributed by atoms with E-state index in [2.05, 4.69) is 10.6 Å². The van der Waals surface area contributed by atoms with Crippen molar-refractivity contribution in [1.29, 1.82) is 0 Å². The van der Waals surface area contributed by atoms with Crippen molar-refractivity contribution in [3.63, 3.8) is 0 Å². The largest absolute Gasteiger partial charge is 0.416 e. The second-order valence-corrected chi connectivity index (χ2v) is 12.7. The highest BCUT2D eigenvalue weighted by molar-refractivity contribution is 5.97. The van der Waals surface area contributed by atoms with Gasteiger partial charge in [0.15, 0.2) is 0 Å². The fraction of sp³-hybridized carbons (Fsp3) is 0.645. The van der Waals surface area contributed by atoms with E-state index in [0.717, 1.165) is 44.2 Å². The molecule has 1 aliphatic heterocycles. The fourth-order valence-electron chi connectivity index (χ4n) is 6.06. The molecule has 2 N–H and O–H groups in total. The van der Waals surface area contributed by atoms with Crippen LogP contribution in [0.5, 0.6) is 0 Å². The molecule has 5 nitrogen and oxygen atoms in total. The minimum Gasteiger partial charge on any atom is -0.381 e. The number of benzene rings is 1. The van der Waals surface area contributed by atoms with Crippen LogP contribution < -0.4 is 10.6 Å². The van der Waals surface area contributed by atoms with E-state index in [-0.39, 0.29) is 17.5 Å². The van der Waals surface area contributed by atoms with Gasteiger partial charge in [-0.15, -0.1) is 0 Å². The van der Waals surface area contributed by atoms with Gasteiger partial charge in [-0.1, -0.05) is 31.4 Å². The summed E-state index contributed by atoms with van der Waals surface area (Å²) in [6.45, 7) is 7.78. The molecular weight excluding hydrogens is 560 g/mol. The number of carbonyl (C=O) groups excluding carboxylic acids is 1. The number of hydrogen-bond donors (Lipinski definition) is 2. The average Bonchev–Trinajstić information content (AvgIpc) is 3.22. The van der Waals surface area contributed by atoms with Crippen molar-refractivity contribution in [2.24, 2.45) is 5.92 Å². The van der Waals surface area contributed by atoms with E-state index >= 15 is 0 Å². The summed E-state index contributed by atoms with van der Waals surface area (Å²) in [7, 11) is 0. The van der Waals surface area contributed by atoms with E-state index in [4.69, 9.17) is 4.74 Å². The zero-order chi connectivity index (χ0) is 30.9. The van der Waals surface area contributed by atoms with E-state index in [9.17, 15) is 31.1 Å². The molecule has 2 fully saturated rings. The lowest BCUT2D eigenvalue weighted by molar-refractivity contribution is -0.166. The van der Waals surface area contributed by atoms with Crippen LogP contribution in [0, 0.1) is 12.8 Å². The van der Waals surface area contributed by atoms with Gasteiger partial charge in [0.25, 0.3) is 5.91 Å². The van der Waals surface area contributed by atoms with Gasteiger partial charge in [0.2, 0.25) is 0 Å². The molecule has 2 aliphatic rings. The molecule has 0 radical (unpaired) electrons. The molecule has 1 saturated heterocycles. The van der Waals surface area contributed by atoms with Crippen molar-refractivity contribution in [3.8, 4) is 11.3 Å². The Morgan fingerprint density at radius 3 is 2.19 bits per heavy atom. The van der Waals surface area contributed by atoms with Gasteiger partial charge in [0, 0.05) is 42.7 Å². The van der Waals surface area contributed by atoms with Gasteiger partial charge in [0.1, 0.15) is 6.04 Å². The Morgan fingerprint density at radius 1 is 0.976 bits per heavy atom. The average molecular weight is 602 g/mol. The molecule has 0 bridgehead atoms. The molecule has 1 saturated carbocycles. The topological polar surface area (TPSA) is 55.3 Å². The summed E-state index contributed by atoms with van der Waals surface area (Å²) in [4.78, 5) is 13.4. The first-order chi connectivity index (χ1) is 19.5.